The van der Waals surface area contributed by atoms with Crippen LogP contribution in [0.25, 0.3) is 0 Å². The predicted octanol–water partition coefficient (Wildman–Crippen LogP) is 2.91. The van der Waals surface area contributed by atoms with Gasteiger partial charge in [0.1, 0.15) is 5.00 Å². The number of hydrogen-bond donors (Lipinski definition) is 2. The van der Waals surface area contributed by atoms with Gasteiger partial charge >= 0.3 is 0 Å². The second-order valence-electron chi connectivity index (χ2n) is 8.40. The summed E-state index contributed by atoms with van der Waals surface area (Å²) in [6.07, 6.45) is 3.58. The number of nitrogens with one attached hydrogen (secondary N) is 2. The van der Waals surface area contributed by atoms with Gasteiger partial charge < -0.3 is 10.6 Å². The van der Waals surface area contributed by atoms with Gasteiger partial charge in [-0.2, -0.15) is 4.31 Å². The second kappa shape index (κ2) is 9.92. The van der Waals surface area contributed by atoms with Crippen LogP contribution in [0.4, 0.5) is 5.00 Å². The van der Waals surface area contributed by atoms with E-state index in [0.29, 0.717) is 29.2 Å². The van der Waals surface area contributed by atoms with Crippen LogP contribution in [0.5, 0.6) is 0 Å². The fourth-order valence-corrected chi connectivity index (χ4v) is 7.25. The first kappa shape index (κ1) is 23.9. The Morgan fingerprint density at radius 3 is 2.39 bits per heavy atom. The molecule has 0 spiro atoms. The number of nitrogens with zero attached hydrogens (tertiary/aromatic N) is 2. The predicted molar refractivity (Wildman–Crippen MR) is 129 cm³/mol. The summed E-state index contributed by atoms with van der Waals surface area (Å²) in [5.41, 5.74) is 1.89. The van der Waals surface area contributed by atoms with Gasteiger partial charge in [-0.25, -0.2) is 8.42 Å². The highest BCUT2D eigenvalue weighted by Crippen LogP contribution is 2.37. The third-order valence-electron chi connectivity index (χ3n) is 6.18. The first-order chi connectivity index (χ1) is 15.8. The molecule has 8 nitrogen and oxygen atoms in total. The number of hydrogen-bond acceptors (Lipinski definition) is 6. The van der Waals surface area contributed by atoms with Crippen LogP contribution in [0, 0.1) is 0 Å². The molecule has 3 heterocycles. The number of benzene rings is 1. The van der Waals surface area contributed by atoms with E-state index >= 15 is 0 Å². The molecule has 2 amide bonds. The zero-order valence-corrected chi connectivity index (χ0v) is 20.7. The van der Waals surface area contributed by atoms with Crippen LogP contribution >= 0.6 is 11.3 Å². The van der Waals surface area contributed by atoms with Crippen LogP contribution in [0.15, 0.2) is 29.2 Å². The summed E-state index contributed by atoms with van der Waals surface area (Å²) in [7, 11) is -1.94. The number of carbonyl (C=O) groups excluding carboxylic acids is 2. The number of anilines is 1. The zero-order chi connectivity index (χ0) is 23.6. The lowest BCUT2D eigenvalue weighted by molar-refractivity contribution is 0.0962. The van der Waals surface area contributed by atoms with Gasteiger partial charge in [0.25, 0.3) is 11.8 Å². The second-order valence-corrected chi connectivity index (χ2v) is 11.4. The molecule has 2 N–H and O–H groups in total. The summed E-state index contributed by atoms with van der Waals surface area (Å²) in [6, 6.07) is 6.00. The van der Waals surface area contributed by atoms with Crippen molar-refractivity contribution in [3.63, 3.8) is 0 Å². The average molecular weight is 491 g/mol. The third kappa shape index (κ3) is 4.84. The van der Waals surface area contributed by atoms with Crippen molar-refractivity contribution in [2.75, 3.05) is 38.5 Å². The molecule has 0 radical (unpaired) electrons. The Bertz CT molecular complexity index is 1140. The molecule has 1 aromatic heterocycles. The molecular weight excluding hydrogens is 460 g/mol. The van der Waals surface area contributed by atoms with Crippen molar-refractivity contribution in [2.45, 2.75) is 44.0 Å². The Labute approximate surface area is 199 Å². The Hall–Kier alpha value is -2.27. The van der Waals surface area contributed by atoms with E-state index in [-0.39, 0.29) is 16.7 Å². The molecule has 2 aliphatic rings. The topological polar surface area (TPSA) is 98.8 Å². The van der Waals surface area contributed by atoms with E-state index in [0.717, 1.165) is 55.8 Å². The van der Waals surface area contributed by atoms with Crippen molar-refractivity contribution in [3.8, 4) is 0 Å². The summed E-state index contributed by atoms with van der Waals surface area (Å²) in [4.78, 5) is 29.3. The minimum absolute atomic E-state index is 0.189. The van der Waals surface area contributed by atoms with Crippen molar-refractivity contribution < 1.29 is 18.0 Å². The van der Waals surface area contributed by atoms with Gasteiger partial charge in [-0.15, -0.1) is 11.3 Å². The lowest BCUT2D eigenvalue weighted by Gasteiger charge is -2.26. The lowest BCUT2D eigenvalue weighted by Crippen LogP contribution is -2.31. The number of rotatable bonds is 7. The van der Waals surface area contributed by atoms with Crippen LogP contribution in [-0.4, -0.2) is 62.7 Å². The lowest BCUT2D eigenvalue weighted by atomic mass is 10.0. The number of thiophene rings is 1. The highest BCUT2D eigenvalue weighted by Gasteiger charge is 2.29. The first-order valence-corrected chi connectivity index (χ1v) is 13.6. The molecule has 1 saturated heterocycles. The molecule has 33 heavy (non-hydrogen) atoms. The minimum atomic E-state index is -3.53. The highest BCUT2D eigenvalue weighted by molar-refractivity contribution is 7.89. The molecule has 178 valence electrons. The van der Waals surface area contributed by atoms with Gasteiger partial charge in [-0.3, -0.25) is 14.5 Å². The maximum Gasteiger partial charge on any atom is 0.256 e. The Kier molecular flexibility index (Phi) is 7.18. The Morgan fingerprint density at radius 2 is 1.76 bits per heavy atom. The summed E-state index contributed by atoms with van der Waals surface area (Å²) in [5, 5.41) is 6.13. The van der Waals surface area contributed by atoms with Gasteiger partial charge in [0.2, 0.25) is 10.0 Å². The normalized spacial score (nSPS) is 17.0. The number of fused-ring (bicyclic) bond motifs is 1. The van der Waals surface area contributed by atoms with E-state index in [1.165, 1.54) is 39.9 Å². The van der Waals surface area contributed by atoms with Crippen LogP contribution < -0.4 is 10.6 Å². The molecule has 1 aromatic carbocycles. The smallest absolute Gasteiger partial charge is 0.256 e. The molecule has 0 saturated carbocycles. The molecule has 2 aliphatic heterocycles. The van der Waals surface area contributed by atoms with Crippen molar-refractivity contribution in [2.24, 2.45) is 0 Å². The Morgan fingerprint density at radius 1 is 1.06 bits per heavy atom. The van der Waals surface area contributed by atoms with E-state index in [2.05, 4.69) is 22.5 Å². The maximum atomic E-state index is 13.0. The highest BCUT2D eigenvalue weighted by atomic mass is 32.2. The van der Waals surface area contributed by atoms with Crippen LogP contribution in [0.2, 0.25) is 0 Å². The number of amides is 2. The summed E-state index contributed by atoms with van der Waals surface area (Å²) in [6.45, 7) is 5.88. The van der Waals surface area contributed by atoms with Gasteiger partial charge in [-0.1, -0.05) is 6.92 Å². The zero-order valence-electron chi connectivity index (χ0n) is 19.0. The molecule has 0 unspecified atom stereocenters. The maximum absolute atomic E-state index is 13.0. The van der Waals surface area contributed by atoms with Crippen LogP contribution in [0.1, 0.15) is 57.3 Å². The van der Waals surface area contributed by atoms with Crippen molar-refractivity contribution in [1.82, 2.24) is 14.5 Å². The third-order valence-corrected chi connectivity index (χ3v) is 9.22. The van der Waals surface area contributed by atoms with E-state index < -0.39 is 10.0 Å². The van der Waals surface area contributed by atoms with E-state index in [1.54, 1.807) is 7.05 Å². The van der Waals surface area contributed by atoms with Crippen LogP contribution in [-0.2, 0) is 23.0 Å². The van der Waals surface area contributed by atoms with Gasteiger partial charge in [0.15, 0.2) is 0 Å². The van der Waals surface area contributed by atoms with Crippen molar-refractivity contribution in [1.29, 1.82) is 0 Å². The molecule has 0 bridgehead atoms. The summed E-state index contributed by atoms with van der Waals surface area (Å²) >= 11 is 1.45. The summed E-state index contributed by atoms with van der Waals surface area (Å²) < 4.78 is 26.9. The van der Waals surface area contributed by atoms with Gasteiger partial charge in [0.05, 0.1) is 10.5 Å². The molecule has 2 aromatic rings. The quantitative estimate of drug-likeness (QED) is 0.622. The number of carbonyl (C=O) groups is 2. The molecule has 4 rings (SSSR count). The molecule has 1 fully saturated rings. The molecule has 0 atom stereocenters. The minimum Gasteiger partial charge on any atom is -0.355 e. The molecule has 10 heteroatoms. The fraction of sp³-hybridized carbons (Fsp3) is 0.478. The van der Waals surface area contributed by atoms with Gasteiger partial charge in [-0.05, 0) is 62.1 Å². The average Bonchev–Trinajstić information content (AvgIpc) is 3.47. The SMILES string of the molecule is CCCN1CCc2c(sc(NC(=O)c3ccc(S(=O)(=O)N4CCCC4)cc3)c2C(=O)NC)C1. The van der Waals surface area contributed by atoms with Crippen LogP contribution in [0.3, 0.4) is 0 Å². The van der Waals surface area contributed by atoms with E-state index in [9.17, 15) is 18.0 Å². The molecule has 0 aliphatic carbocycles. The standard InChI is InChI=1S/C23H30N4O4S2/c1-3-11-26-14-10-18-19(15-26)32-23(20(18)22(29)24-2)25-21(28)16-6-8-17(9-7-16)33(30,31)27-12-4-5-13-27/h6-9H,3-5,10-15H2,1-2H3,(H,24,29)(H,25,28). The monoisotopic (exact) mass is 490 g/mol. The Balaban J connectivity index is 1.55. The van der Waals surface area contributed by atoms with Crippen molar-refractivity contribution in [3.05, 3.63) is 45.8 Å². The van der Waals surface area contributed by atoms with Gasteiger partial charge in [0, 0.05) is 43.7 Å². The van der Waals surface area contributed by atoms with E-state index in [4.69, 9.17) is 0 Å². The van der Waals surface area contributed by atoms with E-state index in [1.807, 2.05) is 0 Å². The fourth-order valence-electron chi connectivity index (χ4n) is 4.45. The van der Waals surface area contributed by atoms with Crippen molar-refractivity contribution >= 4 is 38.2 Å². The summed E-state index contributed by atoms with van der Waals surface area (Å²) in [5.74, 6) is -0.576. The first-order valence-electron chi connectivity index (χ1n) is 11.4. The largest absolute Gasteiger partial charge is 0.355 e. The molecular formula is C23H30N4O4S2. The number of sulfonamides is 1.